The molecule has 3 aliphatic heterocycles. The molecule has 3 N–H and O–H groups in total. The zero-order chi connectivity index (χ0) is 34.0. The molecule has 10 nitrogen and oxygen atoms in total. The van der Waals surface area contributed by atoms with Gasteiger partial charge in [-0.25, -0.2) is 4.79 Å². The van der Waals surface area contributed by atoms with Gasteiger partial charge in [0.05, 0.1) is 36.4 Å². The minimum Gasteiger partial charge on any atom is -0.457 e. The SMILES string of the molecule is CCC(O)C(C)C1OC1CC(C)(O)/C=C/C=C(\C)C1OC(=O)CC(O)CCC(C)C(OC(=O)N(C)CCN2CCCC2)/C=C\C1C. The van der Waals surface area contributed by atoms with Crippen molar-refractivity contribution in [1.82, 2.24) is 9.80 Å². The fourth-order valence-corrected chi connectivity index (χ4v) is 6.40. The molecule has 0 aromatic carbocycles. The van der Waals surface area contributed by atoms with Crippen molar-refractivity contribution < 1.29 is 39.1 Å². The van der Waals surface area contributed by atoms with Crippen LogP contribution in [-0.4, -0.2) is 113 Å². The van der Waals surface area contributed by atoms with Crippen LogP contribution in [0.4, 0.5) is 4.79 Å². The van der Waals surface area contributed by atoms with Crippen molar-refractivity contribution in [2.45, 2.75) is 129 Å². The minimum absolute atomic E-state index is 0.00700. The maximum Gasteiger partial charge on any atom is 0.410 e. The Balaban J connectivity index is 1.68. The Morgan fingerprint density at radius 3 is 2.61 bits per heavy atom. The number of aliphatic hydroxyl groups excluding tert-OH is 2. The molecule has 0 spiro atoms. The first kappa shape index (κ1) is 38.2. The number of allylic oxidation sites excluding steroid dienone is 2. The normalized spacial score (nSPS) is 33.3. The summed E-state index contributed by atoms with van der Waals surface area (Å²) in [5.74, 6) is -0.780. The third-order valence-electron chi connectivity index (χ3n) is 9.80. The third-order valence-corrected chi connectivity index (χ3v) is 9.80. The second-order valence-corrected chi connectivity index (χ2v) is 14.2. The van der Waals surface area contributed by atoms with E-state index in [0.29, 0.717) is 32.2 Å². The average molecular weight is 649 g/mol. The van der Waals surface area contributed by atoms with E-state index in [-0.39, 0.29) is 42.5 Å². The van der Waals surface area contributed by atoms with Crippen LogP contribution in [0, 0.1) is 17.8 Å². The number of carbonyl (C=O) groups excluding carboxylic acids is 2. The van der Waals surface area contributed by atoms with Crippen molar-refractivity contribution in [3.63, 3.8) is 0 Å². The van der Waals surface area contributed by atoms with Gasteiger partial charge in [0.1, 0.15) is 12.2 Å². The summed E-state index contributed by atoms with van der Waals surface area (Å²) in [5.41, 5.74) is -0.353. The fraction of sp³-hybridized carbons (Fsp3) is 0.778. The van der Waals surface area contributed by atoms with Crippen LogP contribution in [0.25, 0.3) is 0 Å². The summed E-state index contributed by atoms with van der Waals surface area (Å²) in [6.45, 7) is 15.0. The van der Waals surface area contributed by atoms with Crippen LogP contribution in [0.1, 0.15) is 86.5 Å². The largest absolute Gasteiger partial charge is 0.457 e. The van der Waals surface area contributed by atoms with Crippen LogP contribution in [-0.2, 0) is 19.0 Å². The molecule has 46 heavy (non-hydrogen) atoms. The molecule has 3 heterocycles. The molecule has 0 aromatic heterocycles. The Labute approximate surface area is 276 Å². The highest BCUT2D eigenvalue weighted by Gasteiger charge is 2.47. The number of aliphatic hydroxyl groups is 3. The van der Waals surface area contributed by atoms with E-state index in [2.05, 4.69) is 4.90 Å². The molecule has 262 valence electrons. The topological polar surface area (TPSA) is 132 Å². The molecule has 0 aliphatic carbocycles. The number of nitrogens with zero attached hydrogens (tertiary/aromatic N) is 2. The van der Waals surface area contributed by atoms with Gasteiger partial charge in [-0.05, 0) is 76.6 Å². The number of amides is 1. The number of hydrogen-bond acceptors (Lipinski definition) is 9. The summed E-state index contributed by atoms with van der Waals surface area (Å²) in [4.78, 5) is 29.8. The van der Waals surface area contributed by atoms with Gasteiger partial charge in [-0.1, -0.05) is 52.0 Å². The lowest BCUT2D eigenvalue weighted by Gasteiger charge is -2.28. The van der Waals surface area contributed by atoms with Crippen LogP contribution in [0.2, 0.25) is 0 Å². The van der Waals surface area contributed by atoms with Gasteiger partial charge in [0.25, 0.3) is 0 Å². The quantitative estimate of drug-likeness (QED) is 0.120. The van der Waals surface area contributed by atoms with Gasteiger partial charge < -0.3 is 39.3 Å². The van der Waals surface area contributed by atoms with Crippen LogP contribution < -0.4 is 0 Å². The second kappa shape index (κ2) is 17.8. The molecular formula is C36H60N2O8. The molecule has 0 radical (unpaired) electrons. The predicted molar refractivity (Wildman–Crippen MR) is 178 cm³/mol. The summed E-state index contributed by atoms with van der Waals surface area (Å²) >= 11 is 0. The van der Waals surface area contributed by atoms with E-state index in [1.807, 2.05) is 52.8 Å². The lowest BCUT2D eigenvalue weighted by atomic mass is 9.91. The Bertz CT molecular complexity index is 1070. The molecule has 2 fully saturated rings. The zero-order valence-electron chi connectivity index (χ0n) is 29.1. The van der Waals surface area contributed by atoms with Gasteiger partial charge in [0.15, 0.2) is 0 Å². The van der Waals surface area contributed by atoms with E-state index in [1.54, 1.807) is 31.0 Å². The number of carbonyl (C=O) groups is 2. The molecule has 0 aromatic rings. The van der Waals surface area contributed by atoms with Gasteiger partial charge in [0, 0.05) is 38.4 Å². The smallest absolute Gasteiger partial charge is 0.410 e. The van der Waals surface area contributed by atoms with Crippen molar-refractivity contribution in [1.29, 1.82) is 0 Å². The first-order chi connectivity index (χ1) is 21.7. The van der Waals surface area contributed by atoms with E-state index in [9.17, 15) is 24.9 Å². The first-order valence-corrected chi connectivity index (χ1v) is 17.3. The lowest BCUT2D eigenvalue weighted by Crippen LogP contribution is -2.38. The molecule has 3 aliphatic rings. The second-order valence-electron chi connectivity index (χ2n) is 14.2. The molecule has 1 amide bonds. The average Bonchev–Trinajstić information content (AvgIpc) is 3.54. The molecule has 0 saturated carbocycles. The summed E-state index contributed by atoms with van der Waals surface area (Å²) in [6, 6.07) is 0. The number of rotatable bonds is 12. The molecule has 3 rings (SSSR count). The number of cyclic esters (lactones) is 1. The number of likely N-dealkylation sites (N-methyl/N-ethyl adjacent to an activating group) is 1. The molecule has 10 heteroatoms. The van der Waals surface area contributed by atoms with Crippen molar-refractivity contribution in [2.24, 2.45) is 17.8 Å². The molecular weight excluding hydrogens is 588 g/mol. The van der Waals surface area contributed by atoms with Gasteiger partial charge >= 0.3 is 12.1 Å². The minimum atomic E-state index is -1.12. The number of likely N-dealkylation sites (tertiary alicyclic amines) is 1. The zero-order valence-corrected chi connectivity index (χ0v) is 29.1. The fourth-order valence-electron chi connectivity index (χ4n) is 6.40. The van der Waals surface area contributed by atoms with Crippen LogP contribution in [0.5, 0.6) is 0 Å². The van der Waals surface area contributed by atoms with Gasteiger partial charge in [-0.2, -0.15) is 0 Å². The summed E-state index contributed by atoms with van der Waals surface area (Å²) in [5, 5.41) is 31.7. The van der Waals surface area contributed by atoms with Gasteiger partial charge in [-0.15, -0.1) is 0 Å². The van der Waals surface area contributed by atoms with Crippen LogP contribution >= 0.6 is 0 Å². The van der Waals surface area contributed by atoms with E-state index in [4.69, 9.17) is 14.2 Å². The Morgan fingerprint density at radius 1 is 1.24 bits per heavy atom. The van der Waals surface area contributed by atoms with Crippen LogP contribution in [0.15, 0.2) is 36.0 Å². The van der Waals surface area contributed by atoms with Gasteiger partial charge in [-0.3, -0.25) is 4.79 Å². The highest BCUT2D eigenvalue weighted by Crippen LogP contribution is 2.37. The molecule has 10 atom stereocenters. The maximum absolute atomic E-state index is 13.0. The number of esters is 1. The summed E-state index contributed by atoms with van der Waals surface area (Å²) in [7, 11) is 1.76. The van der Waals surface area contributed by atoms with E-state index in [1.165, 1.54) is 12.8 Å². The Hall–Kier alpha value is -2.24. The third kappa shape index (κ3) is 12.1. The van der Waals surface area contributed by atoms with Crippen molar-refractivity contribution in [2.75, 3.05) is 33.2 Å². The Morgan fingerprint density at radius 2 is 1.93 bits per heavy atom. The molecule has 0 bridgehead atoms. The van der Waals surface area contributed by atoms with E-state index >= 15 is 0 Å². The number of hydrogen-bond donors (Lipinski definition) is 3. The summed E-state index contributed by atoms with van der Waals surface area (Å²) < 4.78 is 17.6. The maximum atomic E-state index is 13.0. The van der Waals surface area contributed by atoms with E-state index in [0.717, 1.165) is 25.2 Å². The standard InChI is InChI=1S/C36H60N2O8/c1-8-29(40)27(5)34-31(44-34)23-36(6,43)17-11-12-25(3)33-26(4)14-16-30(24(2)13-15-28(39)22-32(41)46-33)45-35(42)37(7)20-21-38-18-9-10-19-38/h11-12,14,16-17,24,26-31,33-34,39-40,43H,8-10,13,15,18-23H2,1-7H3/b16-14-,17-11+,25-12+. The highest BCUT2D eigenvalue weighted by molar-refractivity contribution is 5.70. The summed E-state index contributed by atoms with van der Waals surface area (Å²) in [6.07, 6.45) is 10.5. The van der Waals surface area contributed by atoms with E-state index < -0.39 is 36.0 Å². The first-order valence-electron chi connectivity index (χ1n) is 17.3. The number of ether oxygens (including phenoxy) is 3. The van der Waals surface area contributed by atoms with Crippen molar-refractivity contribution in [3.8, 4) is 0 Å². The Kier molecular flexibility index (Phi) is 14.8. The number of epoxide rings is 1. The molecule has 10 unspecified atom stereocenters. The van der Waals surface area contributed by atoms with Crippen LogP contribution in [0.3, 0.4) is 0 Å². The highest BCUT2D eigenvalue weighted by atomic mass is 16.6. The van der Waals surface area contributed by atoms with Crippen molar-refractivity contribution in [3.05, 3.63) is 36.0 Å². The van der Waals surface area contributed by atoms with Crippen molar-refractivity contribution >= 4 is 12.1 Å². The molecule has 2 saturated heterocycles. The van der Waals surface area contributed by atoms with Gasteiger partial charge in [0.2, 0.25) is 0 Å². The predicted octanol–water partition coefficient (Wildman–Crippen LogP) is 4.62. The monoisotopic (exact) mass is 648 g/mol. The lowest BCUT2D eigenvalue weighted by molar-refractivity contribution is -0.151.